The van der Waals surface area contributed by atoms with Crippen LogP contribution in [0.3, 0.4) is 0 Å². The quantitative estimate of drug-likeness (QED) is 0.851. The van der Waals surface area contributed by atoms with Crippen molar-refractivity contribution in [2.75, 3.05) is 13.7 Å². The van der Waals surface area contributed by atoms with Gasteiger partial charge in [0.1, 0.15) is 5.75 Å². The van der Waals surface area contributed by atoms with E-state index in [9.17, 15) is 0 Å². The van der Waals surface area contributed by atoms with Crippen molar-refractivity contribution in [3.05, 3.63) is 65.7 Å². The Hall–Kier alpha value is -1.80. The molecule has 2 nitrogen and oxygen atoms in total. The number of methoxy groups -OCH3 is 1. The summed E-state index contributed by atoms with van der Waals surface area (Å²) < 4.78 is 5.35. The van der Waals surface area contributed by atoms with E-state index in [-0.39, 0.29) is 0 Å². The fraction of sp³-hybridized carbons (Fsp3) is 0.294. The molecule has 100 valence electrons. The smallest absolute Gasteiger partial charge is 0.123 e. The first kappa shape index (κ1) is 13.6. The lowest BCUT2D eigenvalue weighted by Crippen LogP contribution is -2.19. The third kappa shape index (κ3) is 3.83. The molecule has 2 aromatic rings. The van der Waals surface area contributed by atoms with Gasteiger partial charge in [-0.05, 0) is 17.5 Å². The molecule has 0 saturated heterocycles. The first-order valence-electron chi connectivity index (χ1n) is 6.69. The second-order valence-electron chi connectivity index (χ2n) is 4.75. The highest BCUT2D eigenvalue weighted by Gasteiger charge is 2.05. The second kappa shape index (κ2) is 6.95. The fourth-order valence-electron chi connectivity index (χ4n) is 2.17. The SMILES string of the molecule is COc1ccccc1CNCC(C)c1ccccc1. The van der Waals surface area contributed by atoms with Crippen molar-refractivity contribution in [2.24, 2.45) is 0 Å². The number of ether oxygens (including phenoxy) is 1. The lowest BCUT2D eigenvalue weighted by atomic mass is 10.0. The third-order valence-electron chi connectivity index (χ3n) is 3.33. The summed E-state index contributed by atoms with van der Waals surface area (Å²) in [6.45, 7) is 4.04. The highest BCUT2D eigenvalue weighted by atomic mass is 16.5. The first-order valence-corrected chi connectivity index (χ1v) is 6.69. The minimum absolute atomic E-state index is 0.510. The maximum Gasteiger partial charge on any atom is 0.123 e. The van der Waals surface area contributed by atoms with E-state index in [1.807, 2.05) is 18.2 Å². The van der Waals surface area contributed by atoms with Gasteiger partial charge in [-0.3, -0.25) is 0 Å². The van der Waals surface area contributed by atoms with E-state index in [1.54, 1.807) is 7.11 Å². The summed E-state index contributed by atoms with van der Waals surface area (Å²) in [6.07, 6.45) is 0. The van der Waals surface area contributed by atoms with Crippen LogP contribution >= 0.6 is 0 Å². The summed E-state index contributed by atoms with van der Waals surface area (Å²) in [5.74, 6) is 1.46. The van der Waals surface area contributed by atoms with E-state index in [1.165, 1.54) is 11.1 Å². The van der Waals surface area contributed by atoms with E-state index in [2.05, 4.69) is 48.6 Å². The molecule has 0 aliphatic rings. The molecular formula is C17H21NO. The number of hydrogen-bond donors (Lipinski definition) is 1. The number of benzene rings is 2. The Morgan fingerprint density at radius 3 is 2.42 bits per heavy atom. The normalized spacial score (nSPS) is 12.1. The molecular weight excluding hydrogens is 234 g/mol. The van der Waals surface area contributed by atoms with E-state index < -0.39 is 0 Å². The average molecular weight is 255 g/mol. The summed E-state index contributed by atoms with van der Waals surface area (Å²) in [5.41, 5.74) is 2.57. The van der Waals surface area contributed by atoms with Crippen LogP contribution in [-0.2, 0) is 6.54 Å². The molecule has 0 aliphatic carbocycles. The monoisotopic (exact) mass is 255 g/mol. The van der Waals surface area contributed by atoms with Crippen LogP contribution in [0, 0.1) is 0 Å². The summed E-state index contributed by atoms with van der Waals surface area (Å²) in [6, 6.07) is 18.7. The van der Waals surface area contributed by atoms with Crippen molar-refractivity contribution in [1.29, 1.82) is 0 Å². The third-order valence-corrected chi connectivity index (χ3v) is 3.33. The number of nitrogens with one attached hydrogen (secondary N) is 1. The van der Waals surface area contributed by atoms with Crippen LogP contribution in [0.1, 0.15) is 24.0 Å². The predicted molar refractivity (Wildman–Crippen MR) is 79.6 cm³/mol. The topological polar surface area (TPSA) is 21.3 Å². The zero-order valence-corrected chi connectivity index (χ0v) is 11.6. The highest BCUT2D eigenvalue weighted by molar-refractivity contribution is 5.33. The van der Waals surface area contributed by atoms with Crippen LogP contribution in [-0.4, -0.2) is 13.7 Å². The molecule has 2 rings (SSSR count). The van der Waals surface area contributed by atoms with Crippen molar-refractivity contribution in [2.45, 2.75) is 19.4 Å². The summed E-state index contributed by atoms with van der Waals surface area (Å²) in [5, 5.41) is 3.49. The first-order chi connectivity index (χ1) is 9.31. The molecule has 1 N–H and O–H groups in total. The summed E-state index contributed by atoms with van der Waals surface area (Å²) in [7, 11) is 1.71. The molecule has 19 heavy (non-hydrogen) atoms. The minimum atomic E-state index is 0.510. The summed E-state index contributed by atoms with van der Waals surface area (Å²) in [4.78, 5) is 0. The largest absolute Gasteiger partial charge is 0.496 e. The second-order valence-corrected chi connectivity index (χ2v) is 4.75. The Balaban J connectivity index is 1.87. The van der Waals surface area contributed by atoms with Gasteiger partial charge in [-0.1, -0.05) is 55.5 Å². The number of rotatable bonds is 6. The van der Waals surface area contributed by atoms with Crippen molar-refractivity contribution in [1.82, 2.24) is 5.32 Å². The number of hydrogen-bond acceptors (Lipinski definition) is 2. The molecule has 0 bridgehead atoms. The Morgan fingerprint density at radius 2 is 1.68 bits per heavy atom. The molecule has 0 heterocycles. The van der Waals surface area contributed by atoms with Crippen LogP contribution in [0.4, 0.5) is 0 Å². The molecule has 0 fully saturated rings. The Bertz CT molecular complexity index is 496. The number of para-hydroxylation sites is 1. The molecule has 0 saturated carbocycles. The van der Waals surface area contributed by atoms with Crippen LogP contribution in [0.2, 0.25) is 0 Å². The van der Waals surface area contributed by atoms with Gasteiger partial charge in [0, 0.05) is 18.7 Å². The van der Waals surface area contributed by atoms with E-state index in [4.69, 9.17) is 4.74 Å². The zero-order chi connectivity index (χ0) is 13.5. The van der Waals surface area contributed by atoms with Gasteiger partial charge in [0.25, 0.3) is 0 Å². The van der Waals surface area contributed by atoms with Gasteiger partial charge in [-0.2, -0.15) is 0 Å². The molecule has 2 heteroatoms. The Morgan fingerprint density at radius 1 is 1.00 bits per heavy atom. The average Bonchev–Trinajstić information content (AvgIpc) is 2.48. The van der Waals surface area contributed by atoms with Gasteiger partial charge in [0.15, 0.2) is 0 Å². The Labute approximate surface area is 115 Å². The van der Waals surface area contributed by atoms with Crippen molar-refractivity contribution >= 4 is 0 Å². The molecule has 1 atom stereocenters. The molecule has 2 aromatic carbocycles. The van der Waals surface area contributed by atoms with Crippen LogP contribution in [0.25, 0.3) is 0 Å². The Kier molecular flexibility index (Phi) is 4.99. The van der Waals surface area contributed by atoms with Crippen molar-refractivity contribution in [3.8, 4) is 5.75 Å². The molecule has 0 aliphatic heterocycles. The van der Waals surface area contributed by atoms with Gasteiger partial charge in [-0.25, -0.2) is 0 Å². The maximum atomic E-state index is 5.35. The van der Waals surface area contributed by atoms with Crippen molar-refractivity contribution in [3.63, 3.8) is 0 Å². The van der Waals surface area contributed by atoms with Gasteiger partial charge >= 0.3 is 0 Å². The molecule has 1 unspecified atom stereocenters. The van der Waals surface area contributed by atoms with Crippen LogP contribution in [0.5, 0.6) is 5.75 Å². The van der Waals surface area contributed by atoms with Crippen molar-refractivity contribution < 1.29 is 4.74 Å². The molecule has 0 aromatic heterocycles. The van der Waals surface area contributed by atoms with Gasteiger partial charge in [0.2, 0.25) is 0 Å². The molecule has 0 spiro atoms. The minimum Gasteiger partial charge on any atom is -0.496 e. The fourth-order valence-corrected chi connectivity index (χ4v) is 2.17. The molecule has 0 radical (unpaired) electrons. The predicted octanol–water partition coefficient (Wildman–Crippen LogP) is 3.59. The lowest BCUT2D eigenvalue weighted by molar-refractivity contribution is 0.407. The van der Waals surface area contributed by atoms with Gasteiger partial charge in [-0.15, -0.1) is 0 Å². The summed E-state index contributed by atoms with van der Waals surface area (Å²) >= 11 is 0. The van der Waals surface area contributed by atoms with Crippen LogP contribution < -0.4 is 10.1 Å². The van der Waals surface area contributed by atoms with E-state index in [0.717, 1.165) is 18.8 Å². The van der Waals surface area contributed by atoms with Crippen LogP contribution in [0.15, 0.2) is 54.6 Å². The maximum absolute atomic E-state index is 5.35. The zero-order valence-electron chi connectivity index (χ0n) is 11.6. The molecule has 0 amide bonds. The van der Waals surface area contributed by atoms with Gasteiger partial charge < -0.3 is 10.1 Å². The van der Waals surface area contributed by atoms with Gasteiger partial charge in [0.05, 0.1) is 7.11 Å². The standard InChI is InChI=1S/C17H21NO/c1-14(15-8-4-3-5-9-15)12-18-13-16-10-6-7-11-17(16)19-2/h3-11,14,18H,12-13H2,1-2H3. The van der Waals surface area contributed by atoms with E-state index in [0.29, 0.717) is 5.92 Å². The highest BCUT2D eigenvalue weighted by Crippen LogP contribution is 2.18. The lowest BCUT2D eigenvalue weighted by Gasteiger charge is -2.14. The van der Waals surface area contributed by atoms with E-state index >= 15 is 0 Å².